The normalized spacial score (nSPS) is 22.4. The number of nitrogens with one attached hydrogen (secondary N) is 2. The van der Waals surface area contributed by atoms with E-state index >= 15 is 0 Å². The molecule has 1 unspecified atom stereocenters. The van der Waals surface area contributed by atoms with Crippen LogP contribution in [0.2, 0.25) is 0 Å². The zero-order valence-electron chi connectivity index (χ0n) is 23.3. The van der Waals surface area contributed by atoms with Gasteiger partial charge in [0.15, 0.2) is 5.60 Å². The highest BCUT2D eigenvalue weighted by atomic mass is 16.6. The van der Waals surface area contributed by atoms with E-state index in [0.29, 0.717) is 43.4 Å². The van der Waals surface area contributed by atoms with Crippen molar-refractivity contribution in [3.63, 3.8) is 0 Å². The lowest BCUT2D eigenvalue weighted by atomic mass is 9.83. The van der Waals surface area contributed by atoms with E-state index < -0.39 is 17.2 Å². The van der Waals surface area contributed by atoms with Gasteiger partial charge in [0.05, 0.1) is 42.5 Å². The molecule has 2 saturated heterocycles. The molecule has 1 spiro atoms. The van der Waals surface area contributed by atoms with Crippen molar-refractivity contribution in [2.45, 2.75) is 69.6 Å². The predicted octanol–water partition coefficient (Wildman–Crippen LogP) is 4.83. The molecule has 6 rings (SSSR count). The molecule has 2 aromatic heterocycles. The Labute approximate surface area is 238 Å². The van der Waals surface area contributed by atoms with Gasteiger partial charge in [-0.2, -0.15) is 10.4 Å². The molecule has 0 bridgehead atoms. The lowest BCUT2D eigenvalue weighted by Crippen LogP contribution is -2.54. The first-order valence-corrected chi connectivity index (χ1v) is 14.2. The van der Waals surface area contributed by atoms with Crippen molar-refractivity contribution in [1.82, 2.24) is 30.0 Å². The molecule has 11 heteroatoms. The average molecular weight is 555 g/mol. The summed E-state index contributed by atoms with van der Waals surface area (Å²) in [7, 11) is 0. The summed E-state index contributed by atoms with van der Waals surface area (Å²) in [5.74, 6) is 0.809. The molecular weight excluding hydrogens is 520 g/mol. The molecule has 212 valence electrons. The van der Waals surface area contributed by atoms with Crippen molar-refractivity contribution in [2.24, 2.45) is 5.92 Å². The van der Waals surface area contributed by atoms with Gasteiger partial charge in [0.25, 0.3) is 5.91 Å². The number of ether oxygens (including phenoxy) is 1. The van der Waals surface area contributed by atoms with Crippen LogP contribution in [-0.4, -0.2) is 60.9 Å². The third kappa shape index (κ3) is 5.10. The second kappa shape index (κ2) is 10.5. The quantitative estimate of drug-likeness (QED) is 0.423. The molecule has 11 nitrogen and oxygen atoms in total. The summed E-state index contributed by atoms with van der Waals surface area (Å²) >= 11 is 0. The van der Waals surface area contributed by atoms with Gasteiger partial charge < -0.3 is 20.3 Å². The van der Waals surface area contributed by atoms with Crippen LogP contribution in [0.5, 0.6) is 0 Å². The molecular formula is C30H34N8O3. The van der Waals surface area contributed by atoms with Gasteiger partial charge >= 0.3 is 6.09 Å². The fourth-order valence-electron chi connectivity index (χ4n) is 6.40. The van der Waals surface area contributed by atoms with Crippen molar-refractivity contribution < 1.29 is 14.3 Å². The molecule has 1 saturated carbocycles. The van der Waals surface area contributed by atoms with Crippen LogP contribution in [0, 0.1) is 17.2 Å². The van der Waals surface area contributed by atoms with Crippen molar-refractivity contribution in [1.29, 1.82) is 5.26 Å². The Balaban J connectivity index is 1.12. The Morgan fingerprint density at radius 3 is 2.73 bits per heavy atom. The number of likely N-dealkylation sites (tertiary alicyclic amines) is 1. The zero-order valence-corrected chi connectivity index (χ0v) is 23.3. The van der Waals surface area contributed by atoms with Crippen molar-refractivity contribution in [2.75, 3.05) is 18.4 Å². The summed E-state index contributed by atoms with van der Waals surface area (Å²) in [4.78, 5) is 35.9. The number of carbonyl (C=O) groups is 2. The SMILES string of the molecule is CC1(C)NC(=O)O[C@]12CCN(C(=O)c1ccc(Nc3nccc(-c4cnn(C(CC#N)C5CCCC5)c4)n3)cc1)C2. The van der Waals surface area contributed by atoms with E-state index in [0.717, 1.165) is 29.8 Å². The van der Waals surface area contributed by atoms with Gasteiger partial charge in [-0.25, -0.2) is 14.8 Å². The molecule has 2 aliphatic heterocycles. The standard InChI is InChI=1S/C30H34N8O3/c1-29(2)30(41-28(40)36-29)13-16-37(19-30)26(39)21-7-9-23(10-8-21)34-27-32-15-12-24(35-27)22-17-33-38(18-22)25(11-14-31)20-5-3-4-6-20/h7-10,12,15,17-18,20,25H,3-6,11,13,16,19H2,1-2H3,(H,36,40)(H,32,34,35)/t25?,30-/m0/s1. The highest BCUT2D eigenvalue weighted by Crippen LogP contribution is 2.40. The van der Waals surface area contributed by atoms with Gasteiger partial charge in [0.1, 0.15) is 0 Å². The Morgan fingerprint density at radius 2 is 2.02 bits per heavy atom. The molecule has 3 fully saturated rings. The molecule has 4 heterocycles. The lowest BCUT2D eigenvalue weighted by Gasteiger charge is -2.34. The number of alkyl carbamates (subject to hydrolysis) is 1. The van der Waals surface area contributed by atoms with E-state index in [2.05, 4.69) is 31.8 Å². The van der Waals surface area contributed by atoms with Crippen molar-refractivity contribution >= 4 is 23.6 Å². The van der Waals surface area contributed by atoms with Gasteiger partial charge in [-0.15, -0.1) is 0 Å². The fourth-order valence-corrected chi connectivity index (χ4v) is 6.40. The Hall–Kier alpha value is -4.46. The number of benzene rings is 1. The highest BCUT2D eigenvalue weighted by Gasteiger charge is 2.58. The van der Waals surface area contributed by atoms with E-state index in [4.69, 9.17) is 4.74 Å². The van der Waals surface area contributed by atoms with Crippen LogP contribution < -0.4 is 10.6 Å². The molecule has 0 radical (unpaired) electrons. The first kappa shape index (κ1) is 26.7. The average Bonchev–Trinajstić information content (AvgIpc) is 3.76. The maximum Gasteiger partial charge on any atom is 0.408 e. The second-order valence-corrected chi connectivity index (χ2v) is 11.8. The summed E-state index contributed by atoms with van der Waals surface area (Å²) in [5, 5.41) is 20.0. The molecule has 1 aromatic carbocycles. The molecule has 41 heavy (non-hydrogen) atoms. The van der Waals surface area contributed by atoms with Crippen molar-refractivity contribution in [3.05, 3.63) is 54.5 Å². The number of aromatic nitrogens is 4. The maximum absolute atomic E-state index is 13.2. The van der Waals surface area contributed by atoms with Crippen LogP contribution in [0.1, 0.15) is 68.8 Å². The number of carbonyl (C=O) groups excluding carboxylic acids is 2. The van der Waals surface area contributed by atoms with Crippen LogP contribution in [0.25, 0.3) is 11.3 Å². The third-order valence-corrected chi connectivity index (χ3v) is 8.89. The number of nitriles is 1. The van der Waals surface area contributed by atoms with E-state index in [1.807, 2.05) is 42.9 Å². The predicted molar refractivity (Wildman–Crippen MR) is 151 cm³/mol. The minimum atomic E-state index is -0.715. The Morgan fingerprint density at radius 1 is 1.24 bits per heavy atom. The van der Waals surface area contributed by atoms with E-state index in [9.17, 15) is 14.9 Å². The van der Waals surface area contributed by atoms with Crippen molar-refractivity contribution in [3.8, 4) is 17.3 Å². The van der Waals surface area contributed by atoms with Gasteiger partial charge in [0.2, 0.25) is 5.95 Å². The second-order valence-electron chi connectivity index (χ2n) is 11.8. The van der Waals surface area contributed by atoms with Crippen LogP contribution in [-0.2, 0) is 4.74 Å². The summed E-state index contributed by atoms with van der Waals surface area (Å²) in [5.41, 5.74) is 1.64. The molecule has 3 aromatic rings. The number of nitrogens with zero attached hydrogens (tertiary/aromatic N) is 6. The van der Waals surface area contributed by atoms with Gasteiger partial charge in [0, 0.05) is 42.2 Å². The molecule has 2 amide bonds. The number of hydrogen-bond acceptors (Lipinski definition) is 8. The van der Waals surface area contributed by atoms with E-state index in [-0.39, 0.29) is 11.9 Å². The summed E-state index contributed by atoms with van der Waals surface area (Å²) in [6.45, 7) is 4.73. The maximum atomic E-state index is 13.2. The topological polar surface area (TPSA) is 138 Å². The largest absolute Gasteiger partial charge is 0.438 e. The number of hydrogen-bond donors (Lipinski definition) is 2. The molecule has 3 aliphatic rings. The van der Waals surface area contributed by atoms with Crippen LogP contribution in [0.15, 0.2) is 48.9 Å². The molecule has 2 N–H and O–H groups in total. The first-order chi connectivity index (χ1) is 19.8. The first-order valence-electron chi connectivity index (χ1n) is 14.2. The molecule has 2 atom stereocenters. The van der Waals surface area contributed by atoms with Crippen LogP contribution in [0.3, 0.4) is 0 Å². The number of amides is 2. The fraction of sp³-hybridized carbons (Fsp3) is 0.467. The van der Waals surface area contributed by atoms with Crippen LogP contribution >= 0.6 is 0 Å². The lowest BCUT2D eigenvalue weighted by molar-refractivity contribution is 0.0188. The number of rotatable bonds is 7. The number of anilines is 2. The summed E-state index contributed by atoms with van der Waals surface area (Å²) in [6.07, 6.45) is 10.8. The van der Waals surface area contributed by atoms with Gasteiger partial charge in [-0.3, -0.25) is 9.48 Å². The smallest absolute Gasteiger partial charge is 0.408 e. The highest BCUT2D eigenvalue weighted by molar-refractivity contribution is 5.95. The van der Waals surface area contributed by atoms with Gasteiger partial charge in [-0.1, -0.05) is 12.8 Å². The zero-order chi connectivity index (χ0) is 28.6. The monoisotopic (exact) mass is 554 g/mol. The van der Waals surface area contributed by atoms with E-state index in [1.54, 1.807) is 29.4 Å². The molecule has 1 aliphatic carbocycles. The minimum absolute atomic E-state index is 0.0827. The third-order valence-electron chi connectivity index (χ3n) is 8.89. The Bertz CT molecular complexity index is 1490. The van der Waals surface area contributed by atoms with Gasteiger partial charge in [-0.05, 0) is 62.9 Å². The summed E-state index contributed by atoms with van der Waals surface area (Å²) < 4.78 is 7.56. The minimum Gasteiger partial charge on any atom is -0.438 e. The Kier molecular flexibility index (Phi) is 6.85. The van der Waals surface area contributed by atoms with E-state index in [1.165, 1.54) is 12.8 Å². The summed E-state index contributed by atoms with van der Waals surface area (Å²) in [6, 6.07) is 11.4. The van der Waals surface area contributed by atoms with Crippen LogP contribution in [0.4, 0.5) is 16.4 Å².